The number of phenolic OH excluding ortho intramolecular Hbond substituents is 1. The number of rotatable bonds is 3. The van der Waals surface area contributed by atoms with Crippen LogP contribution in [0.4, 0.5) is 0 Å². The van der Waals surface area contributed by atoms with Gasteiger partial charge in [-0.25, -0.2) is 0 Å². The molecule has 0 aliphatic heterocycles. The summed E-state index contributed by atoms with van der Waals surface area (Å²) in [7, 11) is 0. The normalized spacial score (nSPS) is 10.4. The van der Waals surface area contributed by atoms with Crippen molar-refractivity contribution >= 4 is 23.0 Å². The lowest BCUT2D eigenvalue weighted by Gasteiger charge is -2.12. The molecule has 0 amide bonds. The Bertz CT molecular complexity index is 1210. The van der Waals surface area contributed by atoms with Crippen LogP contribution in [0.15, 0.2) is 71.5 Å². The summed E-state index contributed by atoms with van der Waals surface area (Å²) in [6.45, 7) is 4.00. The van der Waals surface area contributed by atoms with E-state index < -0.39 is 0 Å². The van der Waals surface area contributed by atoms with Gasteiger partial charge in [-0.15, -0.1) is 0 Å². The molecule has 0 radical (unpaired) electrons. The monoisotopic (exact) mass is 390 g/mol. The molecule has 1 aromatic heterocycles. The second-order valence-electron chi connectivity index (χ2n) is 6.09. The molecule has 4 aromatic rings. The quantitative estimate of drug-likeness (QED) is 0.400. The first-order valence-corrected chi connectivity index (χ1v) is 9.65. The zero-order chi connectivity index (χ0) is 20.1. The fourth-order valence-electron chi connectivity index (χ4n) is 3.22. The van der Waals surface area contributed by atoms with Crippen molar-refractivity contribution in [3.05, 3.63) is 93.0 Å². The molecule has 0 fully saturated rings. The van der Waals surface area contributed by atoms with Gasteiger partial charge in [0.25, 0.3) is 5.56 Å². The first kappa shape index (κ1) is 19.6. The number of hydrogen-bond acceptors (Lipinski definition) is 3. The molecule has 4 nitrogen and oxygen atoms in total. The highest BCUT2D eigenvalue weighted by atomic mass is 32.1. The summed E-state index contributed by atoms with van der Waals surface area (Å²) in [5, 5.41) is 12.4. The minimum absolute atomic E-state index is 0.171. The summed E-state index contributed by atoms with van der Waals surface area (Å²) in [5.74, 6) is 0.171. The SMILES string of the molecule is CC.O=c1[nH]c(=S)[nH]c(-c2ccccc2)c1Cc1c(O)ccc2ccccc12. The van der Waals surface area contributed by atoms with E-state index in [4.69, 9.17) is 12.2 Å². The zero-order valence-electron chi connectivity index (χ0n) is 15.8. The van der Waals surface area contributed by atoms with Gasteiger partial charge in [-0.2, -0.15) is 0 Å². The topological polar surface area (TPSA) is 68.9 Å². The van der Waals surface area contributed by atoms with E-state index in [1.54, 1.807) is 6.07 Å². The fraction of sp³-hybridized carbons (Fsp3) is 0.130. The number of hydrogen-bond donors (Lipinski definition) is 3. The number of nitrogens with one attached hydrogen (secondary N) is 2. The Balaban J connectivity index is 0.00000109. The Morgan fingerprint density at radius 1 is 0.857 bits per heavy atom. The highest BCUT2D eigenvalue weighted by molar-refractivity contribution is 7.71. The van der Waals surface area contributed by atoms with Crippen molar-refractivity contribution in [1.29, 1.82) is 0 Å². The van der Waals surface area contributed by atoms with Crippen molar-refractivity contribution < 1.29 is 5.11 Å². The summed E-state index contributed by atoms with van der Waals surface area (Å²) in [5.41, 5.74) is 2.55. The van der Waals surface area contributed by atoms with Crippen LogP contribution in [0.25, 0.3) is 22.0 Å². The van der Waals surface area contributed by atoms with Crippen molar-refractivity contribution in [2.24, 2.45) is 0 Å². The Kier molecular flexibility index (Phi) is 6.06. The van der Waals surface area contributed by atoms with E-state index >= 15 is 0 Å². The average Bonchev–Trinajstić information content (AvgIpc) is 2.73. The van der Waals surface area contributed by atoms with Gasteiger partial charge in [0.1, 0.15) is 5.75 Å². The van der Waals surface area contributed by atoms with Crippen LogP contribution in [0.5, 0.6) is 5.75 Å². The molecule has 0 unspecified atom stereocenters. The van der Waals surface area contributed by atoms with Crippen LogP contribution in [0.1, 0.15) is 25.0 Å². The fourth-order valence-corrected chi connectivity index (χ4v) is 3.41. The average molecular weight is 391 g/mol. The summed E-state index contributed by atoms with van der Waals surface area (Å²) in [6.07, 6.45) is 0.291. The smallest absolute Gasteiger partial charge is 0.255 e. The van der Waals surface area contributed by atoms with Crippen LogP contribution >= 0.6 is 12.2 Å². The van der Waals surface area contributed by atoms with Gasteiger partial charge < -0.3 is 10.1 Å². The predicted octanol–water partition coefficient (Wildman–Crippen LogP) is 5.58. The summed E-state index contributed by atoms with van der Waals surface area (Å²) in [6, 6.07) is 20.9. The van der Waals surface area contributed by atoms with E-state index in [0.717, 1.165) is 21.9 Å². The number of aromatic nitrogens is 2. The molecule has 3 aromatic carbocycles. The van der Waals surface area contributed by atoms with E-state index in [0.29, 0.717) is 17.7 Å². The molecule has 0 atom stereocenters. The van der Waals surface area contributed by atoms with Gasteiger partial charge in [-0.3, -0.25) is 9.78 Å². The largest absolute Gasteiger partial charge is 0.508 e. The van der Waals surface area contributed by atoms with E-state index in [2.05, 4.69) is 9.97 Å². The van der Waals surface area contributed by atoms with Crippen molar-refractivity contribution in [3.8, 4) is 17.0 Å². The maximum Gasteiger partial charge on any atom is 0.255 e. The van der Waals surface area contributed by atoms with Crippen LogP contribution in [-0.4, -0.2) is 15.1 Å². The summed E-state index contributed by atoms with van der Waals surface area (Å²) < 4.78 is 0.278. The Labute approximate surface area is 168 Å². The summed E-state index contributed by atoms with van der Waals surface area (Å²) >= 11 is 5.15. The molecule has 5 heteroatoms. The molecule has 0 saturated carbocycles. The van der Waals surface area contributed by atoms with E-state index in [1.165, 1.54) is 0 Å². The highest BCUT2D eigenvalue weighted by Gasteiger charge is 2.15. The number of H-pyrrole nitrogens is 2. The van der Waals surface area contributed by atoms with Crippen molar-refractivity contribution in [1.82, 2.24) is 9.97 Å². The molecule has 0 aliphatic rings. The second-order valence-corrected chi connectivity index (χ2v) is 6.50. The Morgan fingerprint density at radius 3 is 2.29 bits per heavy atom. The zero-order valence-corrected chi connectivity index (χ0v) is 16.6. The second kappa shape index (κ2) is 8.67. The molecule has 1 heterocycles. The maximum atomic E-state index is 12.7. The van der Waals surface area contributed by atoms with E-state index in [1.807, 2.05) is 74.5 Å². The van der Waals surface area contributed by atoms with Crippen molar-refractivity contribution in [2.75, 3.05) is 0 Å². The first-order chi connectivity index (χ1) is 13.6. The van der Waals surface area contributed by atoms with E-state index in [9.17, 15) is 9.90 Å². The number of fused-ring (bicyclic) bond motifs is 1. The number of phenols is 1. The van der Waals surface area contributed by atoms with Gasteiger partial charge in [0, 0.05) is 17.5 Å². The molecule has 4 rings (SSSR count). The molecule has 142 valence electrons. The van der Waals surface area contributed by atoms with Crippen LogP contribution in [0, 0.1) is 4.77 Å². The molecule has 28 heavy (non-hydrogen) atoms. The van der Waals surface area contributed by atoms with Gasteiger partial charge in [-0.05, 0) is 34.6 Å². The molecule has 0 aliphatic carbocycles. The molecular formula is C23H22N2O2S. The molecule has 0 spiro atoms. The van der Waals surface area contributed by atoms with Crippen LogP contribution in [0.2, 0.25) is 0 Å². The van der Waals surface area contributed by atoms with Gasteiger partial charge >= 0.3 is 0 Å². The standard InChI is InChI=1S/C21H16N2O2S.C2H6/c24-18-11-10-13-6-4-5-9-15(13)16(18)12-17-19(14-7-2-1-3-8-14)22-21(26)23-20(17)25;1-2/h1-11,24H,12H2,(H2,22,23,25,26);1-2H3. The van der Waals surface area contributed by atoms with Crippen LogP contribution in [-0.2, 0) is 6.42 Å². The third-order valence-electron chi connectivity index (χ3n) is 4.47. The lowest BCUT2D eigenvalue weighted by Crippen LogP contribution is -2.16. The predicted molar refractivity (Wildman–Crippen MR) is 117 cm³/mol. The number of benzene rings is 3. The van der Waals surface area contributed by atoms with Crippen molar-refractivity contribution in [2.45, 2.75) is 20.3 Å². The molecule has 3 N–H and O–H groups in total. The Hall–Kier alpha value is -3.18. The van der Waals surface area contributed by atoms with E-state index in [-0.39, 0.29) is 16.1 Å². The van der Waals surface area contributed by atoms with Crippen LogP contribution < -0.4 is 5.56 Å². The minimum Gasteiger partial charge on any atom is -0.508 e. The van der Waals surface area contributed by atoms with Crippen LogP contribution in [0.3, 0.4) is 0 Å². The highest BCUT2D eigenvalue weighted by Crippen LogP contribution is 2.30. The first-order valence-electron chi connectivity index (χ1n) is 9.24. The molecular weight excluding hydrogens is 368 g/mol. The van der Waals surface area contributed by atoms with Gasteiger partial charge in [-0.1, -0.05) is 74.5 Å². The lowest BCUT2D eigenvalue weighted by molar-refractivity contribution is 0.470. The molecule has 0 saturated heterocycles. The van der Waals surface area contributed by atoms with Gasteiger partial charge in [0.15, 0.2) is 4.77 Å². The molecule has 0 bridgehead atoms. The van der Waals surface area contributed by atoms with Gasteiger partial charge in [0.05, 0.1) is 5.69 Å². The summed E-state index contributed by atoms with van der Waals surface area (Å²) in [4.78, 5) is 18.4. The third kappa shape index (κ3) is 3.89. The van der Waals surface area contributed by atoms with Gasteiger partial charge in [0.2, 0.25) is 0 Å². The lowest BCUT2D eigenvalue weighted by atomic mass is 9.95. The third-order valence-corrected chi connectivity index (χ3v) is 4.68. The minimum atomic E-state index is -0.250. The number of aromatic hydroxyl groups is 1. The maximum absolute atomic E-state index is 12.7. The van der Waals surface area contributed by atoms with Crippen molar-refractivity contribution in [3.63, 3.8) is 0 Å². The number of aromatic amines is 2. The Morgan fingerprint density at radius 2 is 1.54 bits per heavy atom.